The normalized spacial score (nSPS) is 10.6. The van der Waals surface area contributed by atoms with Gasteiger partial charge in [-0.05, 0) is 59.0 Å². The van der Waals surface area contributed by atoms with Crippen LogP contribution >= 0.6 is 0 Å². The summed E-state index contributed by atoms with van der Waals surface area (Å²) >= 11 is 0. The van der Waals surface area contributed by atoms with Gasteiger partial charge in [0.1, 0.15) is 5.75 Å². The largest absolute Gasteiger partial charge is 0.465 e. The second-order valence-corrected chi connectivity index (χ2v) is 6.76. The van der Waals surface area contributed by atoms with Crippen molar-refractivity contribution >= 4 is 11.9 Å². The smallest absolute Gasteiger partial charge is 0.343 e. The second-order valence-electron chi connectivity index (χ2n) is 6.76. The average Bonchev–Trinajstić information content (AvgIpc) is 2.74. The molecular formula is C24H22O4. The van der Waals surface area contributed by atoms with Gasteiger partial charge in [0.2, 0.25) is 0 Å². The van der Waals surface area contributed by atoms with Gasteiger partial charge in [0, 0.05) is 0 Å². The number of hydrogen-bond acceptors (Lipinski definition) is 4. The molecule has 0 N–H and O–H groups in total. The number of methoxy groups -OCH3 is 1. The van der Waals surface area contributed by atoms with Gasteiger partial charge in [0.05, 0.1) is 18.2 Å². The summed E-state index contributed by atoms with van der Waals surface area (Å²) < 4.78 is 10.2. The molecular weight excluding hydrogens is 352 g/mol. The average molecular weight is 374 g/mol. The number of rotatable bonds is 5. The van der Waals surface area contributed by atoms with Crippen molar-refractivity contribution in [3.8, 4) is 16.9 Å². The predicted octanol–water partition coefficient (Wildman–Crippen LogP) is 5.48. The summed E-state index contributed by atoms with van der Waals surface area (Å²) in [5.74, 6) is 0.146. The zero-order valence-electron chi connectivity index (χ0n) is 16.1. The third kappa shape index (κ3) is 4.46. The van der Waals surface area contributed by atoms with E-state index < -0.39 is 0 Å². The van der Waals surface area contributed by atoms with E-state index in [2.05, 4.69) is 13.8 Å². The minimum atomic E-state index is -0.384. The molecule has 0 unspecified atom stereocenters. The molecule has 0 atom stereocenters. The molecule has 0 aliphatic rings. The van der Waals surface area contributed by atoms with Gasteiger partial charge in [-0.15, -0.1) is 0 Å². The van der Waals surface area contributed by atoms with Crippen molar-refractivity contribution in [2.75, 3.05) is 7.11 Å². The Morgan fingerprint density at radius 3 is 1.64 bits per heavy atom. The Bertz CT molecular complexity index is 953. The van der Waals surface area contributed by atoms with Gasteiger partial charge in [-0.2, -0.15) is 0 Å². The lowest BCUT2D eigenvalue weighted by atomic mass is 10.0. The van der Waals surface area contributed by atoms with E-state index in [4.69, 9.17) is 9.47 Å². The van der Waals surface area contributed by atoms with Crippen molar-refractivity contribution in [2.45, 2.75) is 19.8 Å². The first-order chi connectivity index (χ1) is 13.5. The van der Waals surface area contributed by atoms with Crippen LogP contribution in [-0.4, -0.2) is 19.0 Å². The fraction of sp³-hybridized carbons (Fsp3) is 0.167. The van der Waals surface area contributed by atoms with Crippen LogP contribution in [0.15, 0.2) is 72.8 Å². The zero-order valence-corrected chi connectivity index (χ0v) is 16.1. The molecule has 3 aromatic rings. The van der Waals surface area contributed by atoms with Gasteiger partial charge >= 0.3 is 11.9 Å². The molecule has 3 rings (SSSR count). The summed E-state index contributed by atoms with van der Waals surface area (Å²) in [4.78, 5) is 23.8. The molecule has 0 aliphatic carbocycles. The lowest BCUT2D eigenvalue weighted by Crippen LogP contribution is -2.08. The topological polar surface area (TPSA) is 52.6 Å². The molecule has 28 heavy (non-hydrogen) atoms. The standard InChI is InChI=1S/C24H22O4/c1-16(2)17-4-8-21(9-5-17)24(26)28-22-14-12-19(13-15-22)18-6-10-20(11-7-18)23(25)27-3/h4-16H,1-3H3. The van der Waals surface area contributed by atoms with Gasteiger partial charge in [-0.1, -0.05) is 50.2 Å². The Balaban J connectivity index is 1.68. The van der Waals surface area contributed by atoms with Crippen LogP contribution < -0.4 is 4.74 Å². The molecule has 0 amide bonds. The molecule has 0 spiro atoms. The summed E-state index contributed by atoms with van der Waals surface area (Å²) in [6, 6.07) is 21.9. The van der Waals surface area contributed by atoms with Crippen LogP contribution in [0.1, 0.15) is 46.0 Å². The van der Waals surface area contributed by atoms with Gasteiger partial charge in [-0.25, -0.2) is 9.59 Å². The first-order valence-electron chi connectivity index (χ1n) is 9.09. The van der Waals surface area contributed by atoms with E-state index in [0.717, 1.165) is 11.1 Å². The summed E-state index contributed by atoms with van der Waals surface area (Å²) in [6.07, 6.45) is 0. The molecule has 0 radical (unpaired) electrons. The highest BCUT2D eigenvalue weighted by molar-refractivity contribution is 5.91. The van der Waals surface area contributed by atoms with Crippen LogP contribution in [0.4, 0.5) is 0 Å². The van der Waals surface area contributed by atoms with Gasteiger partial charge in [-0.3, -0.25) is 0 Å². The van der Waals surface area contributed by atoms with E-state index in [1.165, 1.54) is 12.7 Å². The third-order valence-corrected chi connectivity index (χ3v) is 4.52. The van der Waals surface area contributed by atoms with Crippen LogP contribution in [0.25, 0.3) is 11.1 Å². The van der Waals surface area contributed by atoms with Crippen LogP contribution in [0.2, 0.25) is 0 Å². The predicted molar refractivity (Wildman–Crippen MR) is 109 cm³/mol. The Hall–Kier alpha value is -3.40. The van der Waals surface area contributed by atoms with Crippen molar-refractivity contribution < 1.29 is 19.1 Å². The van der Waals surface area contributed by atoms with E-state index in [0.29, 0.717) is 22.8 Å². The molecule has 0 aliphatic heterocycles. The Morgan fingerprint density at radius 2 is 1.14 bits per heavy atom. The molecule has 0 bridgehead atoms. The van der Waals surface area contributed by atoms with Gasteiger partial charge in [0.25, 0.3) is 0 Å². The van der Waals surface area contributed by atoms with Crippen LogP contribution in [0, 0.1) is 0 Å². The molecule has 3 aromatic carbocycles. The highest BCUT2D eigenvalue weighted by atomic mass is 16.5. The zero-order chi connectivity index (χ0) is 20.1. The number of carbonyl (C=O) groups excluding carboxylic acids is 2. The minimum Gasteiger partial charge on any atom is -0.465 e. The quantitative estimate of drug-likeness (QED) is 0.438. The van der Waals surface area contributed by atoms with Crippen LogP contribution in [0.5, 0.6) is 5.75 Å². The fourth-order valence-electron chi connectivity index (χ4n) is 2.80. The highest BCUT2D eigenvalue weighted by Gasteiger charge is 2.10. The molecule has 142 valence electrons. The summed E-state index contributed by atoms with van der Waals surface area (Å²) in [6.45, 7) is 4.22. The van der Waals surface area contributed by atoms with Crippen molar-refractivity contribution in [1.29, 1.82) is 0 Å². The Kier molecular flexibility index (Phi) is 5.90. The third-order valence-electron chi connectivity index (χ3n) is 4.52. The number of carbonyl (C=O) groups is 2. The molecule has 0 aromatic heterocycles. The van der Waals surface area contributed by atoms with E-state index in [-0.39, 0.29) is 11.9 Å². The SMILES string of the molecule is COC(=O)c1ccc(-c2ccc(OC(=O)c3ccc(C(C)C)cc3)cc2)cc1. The maximum absolute atomic E-state index is 12.3. The molecule has 4 heteroatoms. The second kappa shape index (κ2) is 8.53. The lowest BCUT2D eigenvalue weighted by molar-refractivity contribution is 0.0600. The molecule has 0 heterocycles. The van der Waals surface area contributed by atoms with Crippen molar-refractivity contribution in [3.05, 3.63) is 89.5 Å². The fourth-order valence-corrected chi connectivity index (χ4v) is 2.80. The summed E-state index contributed by atoms with van der Waals surface area (Å²) in [7, 11) is 1.36. The maximum atomic E-state index is 12.3. The molecule has 0 saturated carbocycles. The maximum Gasteiger partial charge on any atom is 0.343 e. The number of esters is 2. The van der Waals surface area contributed by atoms with Crippen molar-refractivity contribution in [3.63, 3.8) is 0 Å². The van der Waals surface area contributed by atoms with Crippen molar-refractivity contribution in [2.24, 2.45) is 0 Å². The van der Waals surface area contributed by atoms with E-state index in [1.54, 1.807) is 36.4 Å². The van der Waals surface area contributed by atoms with Gasteiger partial charge in [0.15, 0.2) is 0 Å². The highest BCUT2D eigenvalue weighted by Crippen LogP contribution is 2.24. The molecule has 0 saturated heterocycles. The van der Waals surface area contributed by atoms with Crippen LogP contribution in [0.3, 0.4) is 0 Å². The Morgan fingerprint density at radius 1 is 0.679 bits per heavy atom. The molecule has 4 nitrogen and oxygen atoms in total. The number of benzene rings is 3. The number of ether oxygens (including phenoxy) is 2. The molecule has 0 fully saturated rings. The first-order valence-corrected chi connectivity index (χ1v) is 9.09. The Labute approximate surface area is 164 Å². The van der Waals surface area contributed by atoms with Crippen molar-refractivity contribution in [1.82, 2.24) is 0 Å². The summed E-state index contributed by atoms with van der Waals surface area (Å²) in [5.41, 5.74) is 4.11. The van der Waals surface area contributed by atoms with Gasteiger partial charge < -0.3 is 9.47 Å². The summed E-state index contributed by atoms with van der Waals surface area (Å²) in [5, 5.41) is 0. The van der Waals surface area contributed by atoms with E-state index in [9.17, 15) is 9.59 Å². The number of hydrogen-bond donors (Lipinski definition) is 0. The van der Waals surface area contributed by atoms with E-state index in [1.807, 2.05) is 36.4 Å². The van der Waals surface area contributed by atoms with E-state index >= 15 is 0 Å². The van der Waals surface area contributed by atoms with Crippen LogP contribution in [-0.2, 0) is 4.74 Å². The lowest BCUT2D eigenvalue weighted by Gasteiger charge is -2.08. The minimum absolute atomic E-state index is 0.366. The first kappa shape index (κ1) is 19.4. The monoisotopic (exact) mass is 374 g/mol.